The normalized spacial score (nSPS) is 11.0. The Labute approximate surface area is 174 Å². The fraction of sp³-hybridized carbons (Fsp3) is 0.150. The number of aryl methyl sites for hydroxylation is 1. The first-order valence-electron chi connectivity index (χ1n) is 8.74. The predicted molar refractivity (Wildman–Crippen MR) is 102 cm³/mol. The number of alkyl halides is 3. The van der Waals surface area contributed by atoms with Gasteiger partial charge in [-0.1, -0.05) is 0 Å². The van der Waals surface area contributed by atoms with Crippen molar-refractivity contribution in [3.8, 4) is 23.1 Å². The van der Waals surface area contributed by atoms with E-state index in [0.29, 0.717) is 10.4 Å². The van der Waals surface area contributed by atoms with Crippen molar-refractivity contribution in [2.75, 3.05) is 12.4 Å². The lowest BCUT2D eigenvalue weighted by atomic mass is 10.2. The Morgan fingerprint density at radius 1 is 1.16 bits per heavy atom. The van der Waals surface area contributed by atoms with E-state index in [9.17, 15) is 23.2 Å². The highest BCUT2D eigenvalue weighted by Crippen LogP contribution is 2.36. The van der Waals surface area contributed by atoms with Crippen molar-refractivity contribution in [1.82, 2.24) is 4.98 Å². The lowest BCUT2D eigenvalue weighted by molar-refractivity contribution is -0.604. The Bertz CT molecular complexity index is 1110. The fourth-order valence-corrected chi connectivity index (χ4v) is 2.54. The molecule has 3 aromatic rings. The van der Waals surface area contributed by atoms with Gasteiger partial charge in [0, 0.05) is 17.8 Å². The standard InChI is InChI=1S/C20H16F3N3O5/c1-12-5-7-15(18(27)25-13-4-3-9-26(28)11-13)19(24-12)30-16-8-6-14(10-17(16)29-2)31-20(21,22)23/h3-11H,1-2H3,(H,25,27). The monoisotopic (exact) mass is 435 g/mol. The number of hydrogen-bond acceptors (Lipinski definition) is 6. The Morgan fingerprint density at radius 3 is 2.61 bits per heavy atom. The highest BCUT2D eigenvalue weighted by atomic mass is 19.4. The summed E-state index contributed by atoms with van der Waals surface area (Å²) in [6.07, 6.45) is -2.44. The van der Waals surface area contributed by atoms with E-state index in [1.54, 1.807) is 13.0 Å². The zero-order valence-electron chi connectivity index (χ0n) is 16.3. The van der Waals surface area contributed by atoms with Crippen LogP contribution in [0.15, 0.2) is 54.9 Å². The molecular formula is C20H16F3N3O5. The molecular weight excluding hydrogens is 419 g/mol. The van der Waals surface area contributed by atoms with Crippen LogP contribution in [0.3, 0.4) is 0 Å². The number of methoxy groups -OCH3 is 1. The topological polar surface area (TPSA) is 96.6 Å². The molecule has 2 heterocycles. The SMILES string of the molecule is COc1cc(OC(F)(F)F)ccc1Oc1nc(C)ccc1C(=O)Nc1ccc[n+]([O-])c1. The summed E-state index contributed by atoms with van der Waals surface area (Å²) in [5.74, 6) is -1.26. The maximum atomic E-state index is 12.7. The van der Waals surface area contributed by atoms with Crippen LogP contribution in [0.5, 0.6) is 23.1 Å². The van der Waals surface area contributed by atoms with E-state index in [0.717, 1.165) is 12.1 Å². The minimum absolute atomic E-state index is 0.0151. The van der Waals surface area contributed by atoms with E-state index in [1.807, 2.05) is 0 Å². The molecule has 0 unspecified atom stereocenters. The molecule has 1 aromatic carbocycles. The number of ether oxygens (including phenoxy) is 3. The quantitative estimate of drug-likeness (QED) is 0.465. The van der Waals surface area contributed by atoms with Crippen molar-refractivity contribution < 1.29 is 36.9 Å². The average Bonchev–Trinajstić information content (AvgIpc) is 2.68. The van der Waals surface area contributed by atoms with Gasteiger partial charge in [-0.15, -0.1) is 13.2 Å². The Kier molecular flexibility index (Phi) is 6.14. The number of carbonyl (C=O) groups excluding carboxylic acids is 1. The highest BCUT2D eigenvalue weighted by Gasteiger charge is 2.31. The van der Waals surface area contributed by atoms with Crippen LogP contribution >= 0.6 is 0 Å². The Balaban J connectivity index is 1.89. The van der Waals surface area contributed by atoms with Gasteiger partial charge in [-0.05, 0) is 37.3 Å². The Morgan fingerprint density at radius 2 is 1.94 bits per heavy atom. The molecule has 0 aliphatic heterocycles. The van der Waals surface area contributed by atoms with Gasteiger partial charge in [-0.25, -0.2) is 4.98 Å². The molecule has 2 aromatic heterocycles. The van der Waals surface area contributed by atoms with Gasteiger partial charge in [0.15, 0.2) is 17.7 Å². The summed E-state index contributed by atoms with van der Waals surface area (Å²) in [7, 11) is 1.24. The third-order valence-corrected chi connectivity index (χ3v) is 3.85. The molecule has 1 N–H and O–H groups in total. The summed E-state index contributed by atoms with van der Waals surface area (Å²) in [6.45, 7) is 1.67. The van der Waals surface area contributed by atoms with E-state index in [1.165, 1.54) is 43.8 Å². The van der Waals surface area contributed by atoms with Gasteiger partial charge in [0.2, 0.25) is 12.1 Å². The molecule has 1 amide bonds. The van der Waals surface area contributed by atoms with Gasteiger partial charge in [-0.2, -0.15) is 4.73 Å². The molecule has 0 spiro atoms. The van der Waals surface area contributed by atoms with Crippen molar-refractivity contribution in [2.45, 2.75) is 13.3 Å². The number of halogens is 3. The molecule has 31 heavy (non-hydrogen) atoms. The van der Waals surface area contributed by atoms with Gasteiger partial charge in [-0.3, -0.25) is 4.79 Å². The van der Waals surface area contributed by atoms with Crippen LogP contribution in [0.25, 0.3) is 0 Å². The maximum Gasteiger partial charge on any atom is 0.573 e. The van der Waals surface area contributed by atoms with E-state index in [-0.39, 0.29) is 28.6 Å². The number of aromatic nitrogens is 2. The van der Waals surface area contributed by atoms with Crippen LogP contribution in [-0.4, -0.2) is 24.4 Å². The van der Waals surface area contributed by atoms with Gasteiger partial charge < -0.3 is 24.7 Å². The molecule has 11 heteroatoms. The number of carbonyl (C=O) groups is 1. The number of nitrogens with one attached hydrogen (secondary N) is 1. The van der Waals surface area contributed by atoms with Crippen LogP contribution in [0.4, 0.5) is 18.9 Å². The zero-order chi connectivity index (χ0) is 22.6. The highest BCUT2D eigenvalue weighted by molar-refractivity contribution is 6.05. The largest absolute Gasteiger partial charge is 0.619 e. The number of nitrogens with zero attached hydrogens (tertiary/aromatic N) is 2. The number of anilines is 1. The molecule has 0 saturated heterocycles. The Hall–Kier alpha value is -4.02. The molecule has 0 aliphatic carbocycles. The van der Waals surface area contributed by atoms with Gasteiger partial charge in [0.1, 0.15) is 17.0 Å². The smallest absolute Gasteiger partial charge is 0.573 e. The minimum atomic E-state index is -4.86. The van der Waals surface area contributed by atoms with Crippen molar-refractivity contribution >= 4 is 11.6 Å². The molecule has 0 fully saturated rings. The fourth-order valence-electron chi connectivity index (χ4n) is 2.54. The second-order valence-electron chi connectivity index (χ2n) is 6.17. The number of amides is 1. The van der Waals surface area contributed by atoms with Crippen LogP contribution < -0.4 is 24.3 Å². The molecule has 162 valence electrons. The molecule has 0 bridgehead atoms. The van der Waals surface area contributed by atoms with E-state index in [4.69, 9.17) is 9.47 Å². The first kappa shape index (κ1) is 21.7. The van der Waals surface area contributed by atoms with Crippen LogP contribution in [0, 0.1) is 12.1 Å². The zero-order valence-corrected chi connectivity index (χ0v) is 16.3. The molecule has 0 atom stereocenters. The van der Waals surface area contributed by atoms with Crippen LogP contribution in [0.2, 0.25) is 0 Å². The van der Waals surface area contributed by atoms with Crippen molar-refractivity contribution in [3.05, 3.63) is 71.3 Å². The summed E-state index contributed by atoms with van der Waals surface area (Å²) < 4.78 is 52.5. The molecule has 0 aliphatic rings. The maximum absolute atomic E-state index is 12.7. The second kappa shape index (κ2) is 8.78. The lowest BCUT2D eigenvalue weighted by Gasteiger charge is -2.15. The number of pyridine rings is 2. The van der Waals surface area contributed by atoms with Crippen LogP contribution in [0.1, 0.15) is 16.1 Å². The first-order chi connectivity index (χ1) is 14.6. The van der Waals surface area contributed by atoms with Gasteiger partial charge in [0.05, 0.1) is 7.11 Å². The summed E-state index contributed by atoms with van der Waals surface area (Å²) >= 11 is 0. The van der Waals surface area contributed by atoms with Gasteiger partial charge >= 0.3 is 6.36 Å². The van der Waals surface area contributed by atoms with E-state index < -0.39 is 18.0 Å². The van der Waals surface area contributed by atoms with Crippen molar-refractivity contribution in [2.24, 2.45) is 0 Å². The molecule has 8 nitrogen and oxygen atoms in total. The number of hydrogen-bond donors (Lipinski definition) is 1. The summed E-state index contributed by atoms with van der Waals surface area (Å²) in [5, 5.41) is 13.9. The first-order valence-corrected chi connectivity index (χ1v) is 8.74. The number of rotatable bonds is 6. The predicted octanol–water partition coefficient (Wildman–Crippen LogP) is 3.98. The number of benzene rings is 1. The third-order valence-electron chi connectivity index (χ3n) is 3.85. The van der Waals surface area contributed by atoms with E-state index in [2.05, 4.69) is 15.0 Å². The van der Waals surface area contributed by atoms with Crippen molar-refractivity contribution in [1.29, 1.82) is 0 Å². The second-order valence-corrected chi connectivity index (χ2v) is 6.17. The lowest BCUT2D eigenvalue weighted by Crippen LogP contribution is -2.25. The van der Waals surface area contributed by atoms with E-state index >= 15 is 0 Å². The van der Waals surface area contributed by atoms with Crippen molar-refractivity contribution in [3.63, 3.8) is 0 Å². The summed E-state index contributed by atoms with van der Waals surface area (Å²) in [5.41, 5.74) is 0.810. The van der Waals surface area contributed by atoms with Crippen LogP contribution in [-0.2, 0) is 0 Å². The summed E-state index contributed by atoms with van der Waals surface area (Å²) in [4.78, 5) is 16.9. The minimum Gasteiger partial charge on any atom is -0.619 e. The molecule has 0 saturated carbocycles. The molecule has 3 rings (SSSR count). The summed E-state index contributed by atoms with van der Waals surface area (Å²) in [6, 6.07) is 9.27. The van der Waals surface area contributed by atoms with Gasteiger partial charge in [0.25, 0.3) is 5.91 Å². The third kappa shape index (κ3) is 5.75. The average molecular weight is 435 g/mol. The molecule has 0 radical (unpaired) electrons.